The molecule has 0 aliphatic carbocycles. The number of carboxylic acids is 1. The Morgan fingerprint density at radius 2 is 1.93 bits per heavy atom. The predicted molar refractivity (Wildman–Crippen MR) is 59.2 cm³/mol. The van der Waals surface area contributed by atoms with Gasteiger partial charge in [0.1, 0.15) is 0 Å². The number of carbonyl (C=O) groups is 1. The third kappa shape index (κ3) is 3.05. The standard InChI is InChI=1S/C12H17NO2/c1-3-5-9-7-8-10(12(14)15)11(13-9)6-4-2/h7-8H,3-6H2,1-2H3,(H,14,15). The smallest absolute Gasteiger partial charge is 0.337 e. The number of carboxylic acid groups (broad SMARTS) is 1. The molecule has 15 heavy (non-hydrogen) atoms. The zero-order chi connectivity index (χ0) is 11.3. The normalized spacial score (nSPS) is 10.3. The van der Waals surface area contributed by atoms with Gasteiger partial charge in [-0.05, 0) is 25.0 Å². The molecule has 0 spiro atoms. The van der Waals surface area contributed by atoms with Gasteiger partial charge in [-0.2, -0.15) is 0 Å². The average molecular weight is 207 g/mol. The molecule has 3 nitrogen and oxygen atoms in total. The Kier molecular flexibility index (Phi) is 4.28. The quantitative estimate of drug-likeness (QED) is 0.807. The molecule has 3 heteroatoms. The first kappa shape index (κ1) is 11.7. The third-order valence-electron chi connectivity index (χ3n) is 2.26. The van der Waals surface area contributed by atoms with Crippen LogP contribution in [0.5, 0.6) is 0 Å². The van der Waals surface area contributed by atoms with Gasteiger partial charge in [0.05, 0.1) is 11.3 Å². The molecule has 82 valence electrons. The van der Waals surface area contributed by atoms with E-state index in [0.717, 1.165) is 37.1 Å². The maximum absolute atomic E-state index is 10.9. The zero-order valence-corrected chi connectivity index (χ0v) is 9.29. The van der Waals surface area contributed by atoms with Crippen LogP contribution in [0, 0.1) is 0 Å². The van der Waals surface area contributed by atoms with Crippen LogP contribution in [0.2, 0.25) is 0 Å². The van der Waals surface area contributed by atoms with E-state index in [9.17, 15) is 4.79 Å². The van der Waals surface area contributed by atoms with Crippen molar-refractivity contribution in [2.75, 3.05) is 0 Å². The highest BCUT2D eigenvalue weighted by Gasteiger charge is 2.11. The molecule has 1 rings (SSSR count). The van der Waals surface area contributed by atoms with Gasteiger partial charge >= 0.3 is 5.97 Å². The van der Waals surface area contributed by atoms with Crippen LogP contribution in [0.1, 0.15) is 48.4 Å². The topological polar surface area (TPSA) is 50.2 Å². The first-order valence-corrected chi connectivity index (χ1v) is 5.41. The van der Waals surface area contributed by atoms with Gasteiger partial charge in [-0.25, -0.2) is 4.79 Å². The van der Waals surface area contributed by atoms with Crippen molar-refractivity contribution in [3.63, 3.8) is 0 Å². The Morgan fingerprint density at radius 3 is 2.47 bits per heavy atom. The van der Waals surface area contributed by atoms with Crippen molar-refractivity contribution in [3.8, 4) is 0 Å². The first-order valence-electron chi connectivity index (χ1n) is 5.41. The third-order valence-corrected chi connectivity index (χ3v) is 2.26. The lowest BCUT2D eigenvalue weighted by Gasteiger charge is -2.06. The average Bonchev–Trinajstić information content (AvgIpc) is 2.18. The van der Waals surface area contributed by atoms with Gasteiger partial charge < -0.3 is 5.11 Å². The van der Waals surface area contributed by atoms with Crippen molar-refractivity contribution in [3.05, 3.63) is 29.1 Å². The van der Waals surface area contributed by atoms with Gasteiger partial charge in [0, 0.05) is 5.69 Å². The summed E-state index contributed by atoms with van der Waals surface area (Å²) in [6, 6.07) is 3.48. The maximum Gasteiger partial charge on any atom is 0.337 e. The fraction of sp³-hybridized carbons (Fsp3) is 0.500. The van der Waals surface area contributed by atoms with Crippen molar-refractivity contribution >= 4 is 5.97 Å². The highest BCUT2D eigenvalue weighted by atomic mass is 16.4. The summed E-state index contributed by atoms with van der Waals surface area (Å²) in [6.07, 6.45) is 3.60. The monoisotopic (exact) mass is 207 g/mol. The van der Waals surface area contributed by atoms with Crippen LogP contribution in [0.15, 0.2) is 12.1 Å². The van der Waals surface area contributed by atoms with E-state index in [1.54, 1.807) is 6.07 Å². The molecular weight excluding hydrogens is 190 g/mol. The summed E-state index contributed by atoms with van der Waals surface area (Å²) in [5.41, 5.74) is 2.05. The van der Waals surface area contributed by atoms with E-state index < -0.39 is 5.97 Å². The van der Waals surface area contributed by atoms with E-state index in [2.05, 4.69) is 11.9 Å². The number of hydrogen-bond acceptors (Lipinski definition) is 2. The summed E-state index contributed by atoms with van der Waals surface area (Å²) < 4.78 is 0. The van der Waals surface area contributed by atoms with Gasteiger partial charge in [0.15, 0.2) is 0 Å². The van der Waals surface area contributed by atoms with Gasteiger partial charge in [0.2, 0.25) is 0 Å². The Labute approximate surface area is 90.2 Å². The molecule has 0 saturated heterocycles. The minimum Gasteiger partial charge on any atom is -0.478 e. The molecule has 0 amide bonds. The maximum atomic E-state index is 10.9. The molecular formula is C12H17NO2. The molecule has 0 aromatic carbocycles. The minimum atomic E-state index is -0.881. The van der Waals surface area contributed by atoms with Crippen molar-refractivity contribution in [2.45, 2.75) is 39.5 Å². The fourth-order valence-electron chi connectivity index (χ4n) is 1.56. The second-order valence-corrected chi connectivity index (χ2v) is 3.60. The van der Waals surface area contributed by atoms with Crippen molar-refractivity contribution < 1.29 is 9.90 Å². The lowest BCUT2D eigenvalue weighted by molar-refractivity contribution is 0.0695. The summed E-state index contributed by atoms with van der Waals surface area (Å²) in [7, 11) is 0. The van der Waals surface area contributed by atoms with Crippen LogP contribution in [0.4, 0.5) is 0 Å². The van der Waals surface area contributed by atoms with Crippen LogP contribution in [0.25, 0.3) is 0 Å². The Hall–Kier alpha value is -1.38. The number of aryl methyl sites for hydroxylation is 2. The van der Waals surface area contributed by atoms with E-state index in [-0.39, 0.29) is 0 Å². The highest BCUT2D eigenvalue weighted by Crippen LogP contribution is 2.11. The number of aromatic carboxylic acids is 1. The van der Waals surface area contributed by atoms with Crippen LogP contribution >= 0.6 is 0 Å². The van der Waals surface area contributed by atoms with E-state index in [1.807, 2.05) is 13.0 Å². The summed E-state index contributed by atoms with van der Waals surface area (Å²) in [4.78, 5) is 15.3. The number of pyridine rings is 1. The molecule has 0 radical (unpaired) electrons. The van der Waals surface area contributed by atoms with E-state index in [0.29, 0.717) is 5.56 Å². The second-order valence-electron chi connectivity index (χ2n) is 3.60. The van der Waals surface area contributed by atoms with Crippen molar-refractivity contribution in [2.24, 2.45) is 0 Å². The number of hydrogen-bond donors (Lipinski definition) is 1. The highest BCUT2D eigenvalue weighted by molar-refractivity contribution is 5.88. The molecule has 0 fully saturated rings. The Bertz CT molecular complexity index is 347. The Morgan fingerprint density at radius 1 is 1.27 bits per heavy atom. The van der Waals surface area contributed by atoms with E-state index in [4.69, 9.17) is 5.11 Å². The van der Waals surface area contributed by atoms with E-state index >= 15 is 0 Å². The lowest BCUT2D eigenvalue weighted by atomic mass is 10.1. The summed E-state index contributed by atoms with van der Waals surface area (Å²) >= 11 is 0. The minimum absolute atomic E-state index is 0.344. The number of rotatable bonds is 5. The van der Waals surface area contributed by atoms with E-state index in [1.165, 1.54) is 0 Å². The SMILES string of the molecule is CCCc1ccc(C(=O)O)c(CCC)n1. The molecule has 0 aliphatic rings. The number of aromatic nitrogens is 1. The largest absolute Gasteiger partial charge is 0.478 e. The van der Waals surface area contributed by atoms with Gasteiger partial charge in [-0.3, -0.25) is 4.98 Å². The van der Waals surface area contributed by atoms with Crippen LogP contribution in [-0.2, 0) is 12.8 Å². The van der Waals surface area contributed by atoms with Crippen LogP contribution < -0.4 is 0 Å². The summed E-state index contributed by atoms with van der Waals surface area (Å²) in [5, 5.41) is 8.97. The first-order chi connectivity index (χ1) is 7.19. The molecule has 0 unspecified atom stereocenters. The fourth-order valence-corrected chi connectivity index (χ4v) is 1.56. The molecule has 0 atom stereocenters. The molecule has 1 N–H and O–H groups in total. The summed E-state index contributed by atoms with van der Waals surface area (Å²) in [6.45, 7) is 4.12. The molecule has 1 aromatic heterocycles. The number of nitrogens with zero attached hydrogens (tertiary/aromatic N) is 1. The molecule has 1 aromatic rings. The summed E-state index contributed by atoms with van der Waals surface area (Å²) in [5.74, 6) is -0.881. The van der Waals surface area contributed by atoms with Crippen LogP contribution in [0.3, 0.4) is 0 Å². The zero-order valence-electron chi connectivity index (χ0n) is 9.29. The van der Waals surface area contributed by atoms with Gasteiger partial charge in [-0.1, -0.05) is 26.7 Å². The van der Waals surface area contributed by atoms with Gasteiger partial charge in [0.25, 0.3) is 0 Å². The predicted octanol–water partition coefficient (Wildman–Crippen LogP) is 2.68. The molecule has 0 bridgehead atoms. The van der Waals surface area contributed by atoms with Crippen molar-refractivity contribution in [1.82, 2.24) is 4.98 Å². The Balaban J connectivity index is 3.03. The van der Waals surface area contributed by atoms with Gasteiger partial charge in [-0.15, -0.1) is 0 Å². The van der Waals surface area contributed by atoms with Crippen LogP contribution in [-0.4, -0.2) is 16.1 Å². The molecule has 0 saturated carbocycles. The molecule has 1 heterocycles. The van der Waals surface area contributed by atoms with Crippen molar-refractivity contribution in [1.29, 1.82) is 0 Å². The second kappa shape index (κ2) is 5.49. The lowest BCUT2D eigenvalue weighted by Crippen LogP contribution is -2.06. The molecule has 0 aliphatic heterocycles.